The molecular formula is C23H16ClNO5. The van der Waals surface area contributed by atoms with Gasteiger partial charge in [0.2, 0.25) is 0 Å². The van der Waals surface area contributed by atoms with Crippen LogP contribution in [0.25, 0.3) is 11.0 Å². The third-order valence-electron chi connectivity index (χ3n) is 4.15. The highest BCUT2D eigenvalue weighted by molar-refractivity contribution is 6.31. The first-order valence-electron chi connectivity index (χ1n) is 9.06. The maximum absolute atomic E-state index is 12.4. The van der Waals surface area contributed by atoms with Crippen LogP contribution in [-0.2, 0) is 4.79 Å². The van der Waals surface area contributed by atoms with Crippen LogP contribution in [0.2, 0.25) is 5.02 Å². The van der Waals surface area contributed by atoms with Gasteiger partial charge < -0.3 is 19.2 Å². The van der Waals surface area contributed by atoms with Gasteiger partial charge in [0.25, 0.3) is 5.91 Å². The molecule has 3 aromatic carbocycles. The smallest absolute Gasteiger partial charge is 0.336 e. The van der Waals surface area contributed by atoms with Crippen LogP contribution in [-0.4, -0.2) is 12.5 Å². The quantitative estimate of drug-likeness (QED) is 0.430. The third-order valence-corrected chi connectivity index (χ3v) is 4.39. The van der Waals surface area contributed by atoms with E-state index in [1.807, 2.05) is 18.2 Å². The summed E-state index contributed by atoms with van der Waals surface area (Å²) in [5.74, 6) is 1.08. The molecule has 30 heavy (non-hydrogen) atoms. The number of rotatable bonds is 6. The SMILES string of the molecule is O=C(COc1ccc2ccc(=O)oc2c1)Nc1cc(Cl)ccc1Oc1ccccc1. The van der Waals surface area contributed by atoms with Crippen LogP contribution in [0, 0.1) is 0 Å². The van der Waals surface area contributed by atoms with E-state index in [0.717, 1.165) is 5.39 Å². The fourth-order valence-electron chi connectivity index (χ4n) is 2.77. The number of nitrogens with one attached hydrogen (secondary N) is 1. The van der Waals surface area contributed by atoms with Gasteiger partial charge in [0.05, 0.1) is 5.69 Å². The highest BCUT2D eigenvalue weighted by atomic mass is 35.5. The van der Waals surface area contributed by atoms with Crippen molar-refractivity contribution < 1.29 is 18.7 Å². The molecule has 1 N–H and O–H groups in total. The molecule has 0 aliphatic heterocycles. The van der Waals surface area contributed by atoms with E-state index in [0.29, 0.717) is 33.5 Å². The molecule has 0 aliphatic carbocycles. The van der Waals surface area contributed by atoms with Crippen LogP contribution in [0.1, 0.15) is 0 Å². The van der Waals surface area contributed by atoms with E-state index in [1.54, 1.807) is 54.6 Å². The number of anilines is 1. The van der Waals surface area contributed by atoms with Gasteiger partial charge in [-0.25, -0.2) is 4.79 Å². The average Bonchev–Trinajstić information content (AvgIpc) is 2.74. The zero-order valence-electron chi connectivity index (χ0n) is 15.6. The van der Waals surface area contributed by atoms with Gasteiger partial charge in [0.1, 0.15) is 17.1 Å². The van der Waals surface area contributed by atoms with Crippen molar-refractivity contribution in [2.24, 2.45) is 0 Å². The predicted octanol–water partition coefficient (Wildman–Crippen LogP) is 5.26. The number of para-hydroxylation sites is 1. The standard InChI is InChI=1S/C23H16ClNO5/c24-16-8-10-20(29-17-4-2-1-3-5-17)19(12-16)25-22(26)14-28-18-9-6-15-7-11-23(27)30-21(15)13-18/h1-13H,14H2,(H,25,26). The maximum Gasteiger partial charge on any atom is 0.336 e. The van der Waals surface area contributed by atoms with E-state index in [4.69, 9.17) is 25.5 Å². The second kappa shape index (κ2) is 8.71. The molecule has 0 spiro atoms. The fourth-order valence-corrected chi connectivity index (χ4v) is 2.94. The monoisotopic (exact) mass is 421 g/mol. The Labute approximate surface area is 176 Å². The van der Waals surface area contributed by atoms with Crippen molar-refractivity contribution in [2.45, 2.75) is 0 Å². The molecule has 0 saturated heterocycles. The van der Waals surface area contributed by atoms with E-state index in [9.17, 15) is 9.59 Å². The molecule has 0 unspecified atom stereocenters. The van der Waals surface area contributed by atoms with E-state index in [2.05, 4.69) is 5.32 Å². The van der Waals surface area contributed by atoms with Gasteiger partial charge in [-0.05, 0) is 48.5 Å². The van der Waals surface area contributed by atoms with Crippen molar-refractivity contribution in [3.8, 4) is 17.2 Å². The van der Waals surface area contributed by atoms with Crippen molar-refractivity contribution in [1.29, 1.82) is 0 Å². The normalized spacial score (nSPS) is 10.6. The van der Waals surface area contributed by atoms with Crippen LogP contribution in [0.5, 0.6) is 17.2 Å². The van der Waals surface area contributed by atoms with Crippen molar-refractivity contribution in [2.75, 3.05) is 11.9 Å². The average molecular weight is 422 g/mol. The Bertz CT molecular complexity index is 1250. The molecule has 0 saturated carbocycles. The van der Waals surface area contributed by atoms with Crippen molar-refractivity contribution in [1.82, 2.24) is 0 Å². The lowest BCUT2D eigenvalue weighted by atomic mass is 10.2. The molecule has 0 atom stereocenters. The number of carbonyl (C=O) groups is 1. The fraction of sp³-hybridized carbons (Fsp3) is 0.0435. The van der Waals surface area contributed by atoms with Crippen molar-refractivity contribution in [3.05, 3.63) is 94.3 Å². The largest absolute Gasteiger partial charge is 0.484 e. The van der Waals surface area contributed by atoms with Gasteiger partial charge in [-0.15, -0.1) is 0 Å². The summed E-state index contributed by atoms with van der Waals surface area (Å²) in [5.41, 5.74) is 0.350. The molecule has 1 heterocycles. The molecule has 7 heteroatoms. The third kappa shape index (κ3) is 4.79. The second-order valence-electron chi connectivity index (χ2n) is 6.35. The van der Waals surface area contributed by atoms with E-state index in [1.165, 1.54) is 6.07 Å². The van der Waals surface area contributed by atoms with Gasteiger partial charge in [-0.3, -0.25) is 4.79 Å². The van der Waals surface area contributed by atoms with Crippen LogP contribution in [0.3, 0.4) is 0 Å². The maximum atomic E-state index is 12.4. The summed E-state index contributed by atoms with van der Waals surface area (Å²) >= 11 is 6.07. The van der Waals surface area contributed by atoms with Gasteiger partial charge in [-0.2, -0.15) is 0 Å². The molecule has 150 valence electrons. The number of ether oxygens (including phenoxy) is 2. The van der Waals surface area contributed by atoms with Crippen LogP contribution in [0.4, 0.5) is 5.69 Å². The van der Waals surface area contributed by atoms with Gasteiger partial charge >= 0.3 is 5.63 Å². The Morgan fingerprint density at radius 3 is 2.57 bits per heavy atom. The molecule has 0 fully saturated rings. The van der Waals surface area contributed by atoms with Crippen LogP contribution in [0.15, 0.2) is 88.1 Å². The topological polar surface area (TPSA) is 77.8 Å². The molecule has 4 rings (SSSR count). The summed E-state index contributed by atoms with van der Waals surface area (Å²) in [6.07, 6.45) is 0. The first-order chi connectivity index (χ1) is 14.6. The Morgan fingerprint density at radius 2 is 1.73 bits per heavy atom. The number of carbonyl (C=O) groups excluding carboxylic acids is 1. The molecule has 0 bridgehead atoms. The van der Waals surface area contributed by atoms with Gasteiger partial charge in [0, 0.05) is 22.5 Å². The summed E-state index contributed by atoms with van der Waals surface area (Å²) in [6, 6.07) is 22.2. The molecule has 1 aromatic heterocycles. The van der Waals surface area contributed by atoms with Gasteiger partial charge in [-0.1, -0.05) is 29.8 Å². The number of hydrogen-bond donors (Lipinski definition) is 1. The summed E-state index contributed by atoms with van der Waals surface area (Å²) in [6.45, 7) is -0.250. The first-order valence-corrected chi connectivity index (χ1v) is 9.44. The Balaban J connectivity index is 1.45. The lowest BCUT2D eigenvalue weighted by Crippen LogP contribution is -2.20. The lowest BCUT2D eigenvalue weighted by molar-refractivity contribution is -0.118. The number of hydrogen-bond acceptors (Lipinski definition) is 5. The Morgan fingerprint density at radius 1 is 0.933 bits per heavy atom. The highest BCUT2D eigenvalue weighted by Crippen LogP contribution is 2.32. The lowest BCUT2D eigenvalue weighted by Gasteiger charge is -2.13. The van der Waals surface area contributed by atoms with Crippen molar-refractivity contribution in [3.63, 3.8) is 0 Å². The molecule has 0 radical (unpaired) electrons. The summed E-state index contributed by atoms with van der Waals surface area (Å²) in [7, 11) is 0. The minimum Gasteiger partial charge on any atom is -0.484 e. The van der Waals surface area contributed by atoms with Gasteiger partial charge in [0.15, 0.2) is 12.4 Å². The Hall–Kier alpha value is -3.77. The van der Waals surface area contributed by atoms with E-state index < -0.39 is 11.5 Å². The Kier molecular flexibility index (Phi) is 5.68. The number of benzene rings is 3. The zero-order chi connectivity index (χ0) is 20.9. The molecule has 1 amide bonds. The van der Waals surface area contributed by atoms with E-state index >= 15 is 0 Å². The predicted molar refractivity (Wildman–Crippen MR) is 115 cm³/mol. The van der Waals surface area contributed by atoms with Crippen LogP contribution < -0.4 is 20.4 Å². The number of amides is 1. The van der Waals surface area contributed by atoms with Crippen molar-refractivity contribution >= 4 is 34.2 Å². The zero-order valence-corrected chi connectivity index (χ0v) is 16.4. The van der Waals surface area contributed by atoms with Crippen LogP contribution >= 0.6 is 11.6 Å². The minimum atomic E-state index is -0.454. The molecule has 0 aliphatic rings. The highest BCUT2D eigenvalue weighted by Gasteiger charge is 2.11. The first kappa shape index (κ1) is 19.5. The molecule has 6 nitrogen and oxygen atoms in total. The number of fused-ring (bicyclic) bond motifs is 1. The number of halogens is 1. The summed E-state index contributed by atoms with van der Waals surface area (Å²) in [4.78, 5) is 23.8. The van der Waals surface area contributed by atoms with E-state index in [-0.39, 0.29) is 6.61 Å². The summed E-state index contributed by atoms with van der Waals surface area (Å²) < 4.78 is 16.5. The second-order valence-corrected chi connectivity index (χ2v) is 6.78. The minimum absolute atomic E-state index is 0.250. The molecular weight excluding hydrogens is 406 g/mol. The summed E-state index contributed by atoms with van der Waals surface area (Å²) in [5, 5.41) is 3.95. The molecule has 4 aromatic rings.